The summed E-state index contributed by atoms with van der Waals surface area (Å²) in [5.41, 5.74) is 4.15. The maximum absolute atomic E-state index is 13.8. The Bertz CT molecular complexity index is 2190. The van der Waals surface area contributed by atoms with Gasteiger partial charge in [-0.25, -0.2) is 4.79 Å². The second kappa shape index (κ2) is 18.8. The fourth-order valence-electron chi connectivity index (χ4n) is 17.2. The molecule has 0 spiro atoms. The van der Waals surface area contributed by atoms with E-state index in [0.29, 0.717) is 54.4 Å². The molecule has 8 aliphatic carbocycles. The SMILES string of the molecule is CC(C)CCC[C@@H](C)[C@H]1CC[C@H]2[C@@H]3CC=C4CC(OC(=O)NCCNc5ccc6c7c(cccc57)C(=O)N(CCCCCC(=O)NC57CC8CC(CC(C8)C5)C7)C6=O)CC[C@]4(C)[C@H]3CC[C@]12C. The number of hydrogen-bond donors (Lipinski definition) is 3. The average Bonchev–Trinajstić information content (AvgIpc) is 3.64. The van der Waals surface area contributed by atoms with Crippen molar-refractivity contribution in [1.82, 2.24) is 15.5 Å². The number of allylic oxidation sites excluding steroid dienone is 1. The lowest BCUT2D eigenvalue weighted by atomic mass is 9.47. The van der Waals surface area contributed by atoms with E-state index in [1.807, 2.05) is 30.3 Å². The standard InChI is InChI=1S/C58H82N4O5/c1-36(2)11-9-12-37(3)47-19-20-48-43-17-16-41-32-42(22-24-56(41,4)49(43)23-25-57(47,48)5)67-55(66)60-27-26-59-50-21-18-46-52-44(50)13-10-14-45(52)53(64)62(54(46)65)28-8-6-7-15-51(63)61-58-33-38-29-39(34-58)31-40(30-38)35-58/h10,13-14,16,18,21,36-40,42-43,47-49,59H,6-9,11-12,15,17,19-20,22-35H2,1-5H3,(H,60,66)(H,61,63)/t37-,38?,39?,40?,42?,43+,47-,48+,49+,56+,57-,58?/m1/s1. The lowest BCUT2D eigenvalue weighted by Crippen LogP contribution is -2.59. The van der Waals surface area contributed by atoms with Crippen LogP contribution in [0.4, 0.5) is 10.5 Å². The lowest BCUT2D eigenvalue weighted by molar-refractivity contribution is -0.127. The van der Waals surface area contributed by atoms with Gasteiger partial charge in [-0.2, -0.15) is 0 Å². The molecule has 8 atom stereocenters. The topological polar surface area (TPSA) is 117 Å². The van der Waals surface area contributed by atoms with Gasteiger partial charge in [-0.15, -0.1) is 0 Å². The quantitative estimate of drug-likeness (QED) is 0.0827. The number of nitrogens with one attached hydrogen (secondary N) is 3. The van der Waals surface area contributed by atoms with E-state index in [-0.39, 0.29) is 40.9 Å². The third-order valence-corrected chi connectivity index (χ3v) is 20.0. The van der Waals surface area contributed by atoms with Gasteiger partial charge < -0.3 is 20.7 Å². The van der Waals surface area contributed by atoms with Crippen molar-refractivity contribution in [3.05, 3.63) is 53.1 Å². The van der Waals surface area contributed by atoms with Crippen LogP contribution in [0.3, 0.4) is 0 Å². The Morgan fingerprint density at radius 2 is 1.55 bits per heavy atom. The predicted molar refractivity (Wildman–Crippen MR) is 267 cm³/mol. The van der Waals surface area contributed by atoms with Crippen LogP contribution in [-0.2, 0) is 9.53 Å². The van der Waals surface area contributed by atoms with Gasteiger partial charge in [0.2, 0.25) is 5.91 Å². The molecule has 4 amide bonds. The Hall–Kier alpha value is -3.88. The molecule has 9 aliphatic rings. The molecule has 2 aromatic rings. The number of unbranched alkanes of at least 4 members (excludes halogenated alkanes) is 2. The summed E-state index contributed by atoms with van der Waals surface area (Å²) in [5, 5.41) is 11.4. The molecule has 2 aromatic carbocycles. The average molecular weight is 915 g/mol. The second-order valence-corrected chi connectivity index (χ2v) is 24.6. The second-order valence-electron chi connectivity index (χ2n) is 24.6. The van der Waals surface area contributed by atoms with Crippen molar-refractivity contribution in [3.8, 4) is 0 Å². The summed E-state index contributed by atoms with van der Waals surface area (Å²) in [6.45, 7) is 13.7. The third kappa shape index (κ3) is 8.98. The molecule has 9 nitrogen and oxygen atoms in total. The number of amides is 4. The molecule has 364 valence electrons. The summed E-state index contributed by atoms with van der Waals surface area (Å²) in [4.78, 5) is 55.2. The van der Waals surface area contributed by atoms with Crippen LogP contribution < -0.4 is 16.0 Å². The van der Waals surface area contributed by atoms with Crippen LogP contribution in [-0.4, -0.2) is 60.0 Å². The van der Waals surface area contributed by atoms with Gasteiger partial charge in [-0.3, -0.25) is 19.3 Å². The summed E-state index contributed by atoms with van der Waals surface area (Å²) >= 11 is 0. The maximum atomic E-state index is 13.8. The number of nitrogens with zero attached hydrogens (tertiary/aromatic N) is 1. The summed E-state index contributed by atoms with van der Waals surface area (Å²) < 4.78 is 6.09. The molecule has 1 heterocycles. The highest BCUT2D eigenvalue weighted by molar-refractivity contribution is 6.26. The largest absolute Gasteiger partial charge is 0.446 e. The van der Waals surface area contributed by atoms with Crippen molar-refractivity contribution in [2.75, 3.05) is 25.0 Å². The van der Waals surface area contributed by atoms with Gasteiger partial charge in [0.05, 0.1) is 0 Å². The number of carbonyl (C=O) groups excluding carboxylic acids is 4. The summed E-state index contributed by atoms with van der Waals surface area (Å²) in [6, 6.07) is 9.36. The van der Waals surface area contributed by atoms with Gasteiger partial charge in [0.1, 0.15) is 6.10 Å². The Kier molecular flexibility index (Phi) is 13.1. The molecular weight excluding hydrogens is 833 g/mol. The van der Waals surface area contributed by atoms with Crippen LogP contribution in [0.5, 0.6) is 0 Å². The van der Waals surface area contributed by atoms with Gasteiger partial charge in [0, 0.05) is 65.6 Å². The number of benzene rings is 2. The first-order valence-corrected chi connectivity index (χ1v) is 27.3. The smallest absolute Gasteiger partial charge is 0.407 e. The normalized spacial score (nSPS) is 35.2. The van der Waals surface area contributed by atoms with E-state index in [9.17, 15) is 19.2 Å². The Balaban J connectivity index is 0.669. The van der Waals surface area contributed by atoms with Gasteiger partial charge in [-0.1, -0.05) is 84.1 Å². The summed E-state index contributed by atoms with van der Waals surface area (Å²) in [7, 11) is 0. The maximum Gasteiger partial charge on any atom is 0.407 e. The van der Waals surface area contributed by atoms with Crippen LogP contribution in [0.2, 0.25) is 0 Å². The fourth-order valence-corrected chi connectivity index (χ4v) is 17.2. The van der Waals surface area contributed by atoms with Gasteiger partial charge in [0.25, 0.3) is 11.8 Å². The first kappa shape index (κ1) is 46.8. The van der Waals surface area contributed by atoms with Crippen molar-refractivity contribution in [3.63, 3.8) is 0 Å². The zero-order valence-corrected chi connectivity index (χ0v) is 41.7. The minimum absolute atomic E-state index is 0.0346. The van der Waals surface area contributed by atoms with E-state index in [2.05, 4.69) is 56.6 Å². The van der Waals surface area contributed by atoms with Crippen LogP contribution in [0, 0.1) is 64.1 Å². The molecule has 0 aromatic heterocycles. The molecule has 1 unspecified atom stereocenters. The molecule has 0 saturated heterocycles. The van der Waals surface area contributed by atoms with Crippen molar-refractivity contribution >= 4 is 40.3 Å². The predicted octanol–water partition coefficient (Wildman–Crippen LogP) is 12.6. The zero-order valence-electron chi connectivity index (χ0n) is 41.7. The summed E-state index contributed by atoms with van der Waals surface area (Å²) in [5.74, 6) is 6.87. The van der Waals surface area contributed by atoms with Crippen LogP contribution in [0.15, 0.2) is 42.0 Å². The number of alkyl carbamates (subject to hydrolysis) is 1. The van der Waals surface area contributed by atoms with Crippen molar-refractivity contribution < 1.29 is 23.9 Å². The van der Waals surface area contributed by atoms with Crippen LogP contribution in [0.25, 0.3) is 10.8 Å². The number of imide groups is 1. The van der Waals surface area contributed by atoms with Gasteiger partial charge in [-0.05, 0) is 179 Å². The molecule has 1 aliphatic heterocycles. The van der Waals surface area contributed by atoms with E-state index in [1.54, 1.807) is 0 Å². The lowest BCUT2D eigenvalue weighted by Gasteiger charge is -2.58. The van der Waals surface area contributed by atoms with E-state index in [1.165, 1.54) is 81.1 Å². The Morgan fingerprint density at radius 3 is 2.30 bits per heavy atom. The van der Waals surface area contributed by atoms with Crippen molar-refractivity contribution in [2.24, 2.45) is 64.1 Å². The number of carbonyl (C=O) groups is 4. The number of fused-ring (bicyclic) bond motifs is 5. The monoisotopic (exact) mass is 915 g/mol. The van der Waals surface area contributed by atoms with Crippen LogP contribution in [0.1, 0.15) is 190 Å². The zero-order chi connectivity index (χ0) is 46.7. The highest BCUT2D eigenvalue weighted by Crippen LogP contribution is 2.67. The van der Waals surface area contributed by atoms with Gasteiger partial charge in [0.15, 0.2) is 0 Å². The molecule has 67 heavy (non-hydrogen) atoms. The highest BCUT2D eigenvalue weighted by atomic mass is 16.6. The molecular formula is C58H82N4O5. The molecule has 3 N–H and O–H groups in total. The van der Waals surface area contributed by atoms with E-state index in [4.69, 9.17) is 4.74 Å². The first-order valence-electron chi connectivity index (χ1n) is 27.3. The Labute approximate surface area is 401 Å². The van der Waals surface area contributed by atoms with E-state index in [0.717, 1.165) is 116 Å². The molecule has 9 heteroatoms. The Morgan fingerprint density at radius 1 is 0.806 bits per heavy atom. The number of ether oxygens (including phenoxy) is 1. The molecule has 7 fully saturated rings. The minimum atomic E-state index is -0.369. The third-order valence-electron chi connectivity index (χ3n) is 20.0. The molecule has 7 saturated carbocycles. The minimum Gasteiger partial charge on any atom is -0.446 e. The first-order chi connectivity index (χ1) is 32.2. The van der Waals surface area contributed by atoms with E-state index < -0.39 is 0 Å². The fraction of sp³-hybridized carbons (Fsp3) is 0.724. The highest BCUT2D eigenvalue weighted by Gasteiger charge is 2.59. The molecule has 0 radical (unpaired) electrons. The number of hydrogen-bond acceptors (Lipinski definition) is 6. The van der Waals surface area contributed by atoms with Crippen molar-refractivity contribution in [2.45, 2.75) is 181 Å². The molecule has 11 rings (SSSR count). The summed E-state index contributed by atoms with van der Waals surface area (Å²) in [6.07, 6.45) is 26.0. The number of anilines is 1. The van der Waals surface area contributed by atoms with Gasteiger partial charge >= 0.3 is 6.09 Å². The number of rotatable bonds is 17. The van der Waals surface area contributed by atoms with E-state index >= 15 is 0 Å². The molecule has 4 bridgehead atoms. The van der Waals surface area contributed by atoms with Crippen LogP contribution >= 0.6 is 0 Å². The van der Waals surface area contributed by atoms with Crippen molar-refractivity contribution in [1.29, 1.82) is 0 Å².